The highest BCUT2D eigenvalue weighted by Gasteiger charge is 2.19. The molecule has 6 nitrogen and oxygen atoms in total. The van der Waals surface area contributed by atoms with Crippen LogP contribution in [-0.4, -0.2) is 11.4 Å². The Morgan fingerprint density at radius 2 is 1.83 bits per heavy atom. The highest BCUT2D eigenvalue weighted by molar-refractivity contribution is 5.85. The number of nitrogens with two attached hydrogens (primary N) is 1. The molecule has 0 radical (unpaired) electrons. The maximum Gasteiger partial charge on any atom is 0.231 e. The van der Waals surface area contributed by atoms with Gasteiger partial charge in [-0.25, -0.2) is 0 Å². The number of fused-ring (bicyclic) bond motifs is 2. The summed E-state index contributed by atoms with van der Waals surface area (Å²) in [6.07, 6.45) is 0. The van der Waals surface area contributed by atoms with Crippen molar-refractivity contribution in [3.8, 4) is 29.2 Å². The molecule has 2 heterocycles. The molecule has 0 saturated carbocycles. The van der Waals surface area contributed by atoms with Gasteiger partial charge in [-0.1, -0.05) is 42.5 Å². The Balaban J connectivity index is 1.55. The van der Waals surface area contributed by atoms with Crippen LogP contribution in [0.1, 0.15) is 11.3 Å². The minimum Gasteiger partial charge on any atom is -0.454 e. The third-order valence-corrected chi connectivity index (χ3v) is 4.96. The second-order valence-corrected chi connectivity index (χ2v) is 6.74. The van der Waals surface area contributed by atoms with E-state index in [-0.39, 0.29) is 6.79 Å². The van der Waals surface area contributed by atoms with E-state index < -0.39 is 0 Å². The first-order valence-corrected chi connectivity index (χ1v) is 9.16. The minimum absolute atomic E-state index is 0.191. The minimum atomic E-state index is 0.191. The summed E-state index contributed by atoms with van der Waals surface area (Å²) in [5.74, 6) is 2.28. The molecule has 0 fully saturated rings. The third kappa shape index (κ3) is 2.99. The molecule has 142 valence electrons. The van der Waals surface area contributed by atoms with E-state index in [2.05, 4.69) is 24.3 Å². The number of nitrogens with zero attached hydrogens (tertiary/aromatic N) is 2. The van der Waals surface area contributed by atoms with Crippen molar-refractivity contribution in [2.24, 2.45) is 0 Å². The first kappa shape index (κ1) is 17.0. The van der Waals surface area contributed by atoms with Gasteiger partial charge in [0.1, 0.15) is 17.5 Å². The Hall–Kier alpha value is -4.11. The molecule has 0 atom stereocenters. The Bertz CT molecular complexity index is 1270. The van der Waals surface area contributed by atoms with Crippen molar-refractivity contribution < 1.29 is 14.2 Å². The Morgan fingerprint density at radius 3 is 2.72 bits per heavy atom. The molecule has 4 aromatic rings. The maximum absolute atomic E-state index is 9.62. The van der Waals surface area contributed by atoms with Crippen LogP contribution in [0, 0.1) is 11.3 Å². The quantitative estimate of drug-likeness (QED) is 0.554. The van der Waals surface area contributed by atoms with Gasteiger partial charge >= 0.3 is 0 Å². The van der Waals surface area contributed by atoms with Crippen molar-refractivity contribution in [3.63, 3.8) is 0 Å². The summed E-state index contributed by atoms with van der Waals surface area (Å²) in [4.78, 5) is 0. The van der Waals surface area contributed by atoms with Gasteiger partial charge in [-0.05, 0) is 28.5 Å². The first-order valence-electron chi connectivity index (χ1n) is 9.16. The fourth-order valence-corrected chi connectivity index (χ4v) is 3.57. The van der Waals surface area contributed by atoms with Gasteiger partial charge < -0.3 is 19.9 Å². The van der Waals surface area contributed by atoms with Crippen LogP contribution in [-0.2, 0) is 6.54 Å². The molecule has 1 aliphatic rings. The third-order valence-electron chi connectivity index (χ3n) is 4.96. The summed E-state index contributed by atoms with van der Waals surface area (Å²) in [6.45, 7) is 0.651. The van der Waals surface area contributed by atoms with Crippen molar-refractivity contribution in [3.05, 3.63) is 78.0 Å². The van der Waals surface area contributed by atoms with Crippen molar-refractivity contribution in [2.45, 2.75) is 6.54 Å². The molecular weight excluding hydrogens is 366 g/mol. The van der Waals surface area contributed by atoms with Gasteiger partial charge in [0, 0.05) is 12.1 Å². The van der Waals surface area contributed by atoms with Gasteiger partial charge in [0.15, 0.2) is 11.5 Å². The number of hydrogen-bond donors (Lipinski definition) is 1. The molecular formula is C23H17N3O3. The predicted molar refractivity (Wildman–Crippen MR) is 109 cm³/mol. The number of aromatic nitrogens is 1. The topological polar surface area (TPSA) is 82.4 Å². The summed E-state index contributed by atoms with van der Waals surface area (Å²) in [7, 11) is 0. The number of anilines is 1. The standard InChI is InChI=1S/C23H17N3O3/c24-12-17-10-20(25)23(29-18-8-9-21-22(11-18)28-14-27-21)26(17)13-16-6-3-5-15-4-1-2-7-19(15)16/h1-11H,13-14,25H2. The lowest BCUT2D eigenvalue weighted by Gasteiger charge is -2.14. The lowest BCUT2D eigenvalue weighted by molar-refractivity contribution is 0.174. The highest BCUT2D eigenvalue weighted by Crippen LogP contribution is 2.38. The van der Waals surface area contributed by atoms with Crippen LogP contribution in [0.5, 0.6) is 23.1 Å². The van der Waals surface area contributed by atoms with Crippen molar-refractivity contribution in [2.75, 3.05) is 12.5 Å². The van der Waals surface area contributed by atoms with E-state index in [1.165, 1.54) is 0 Å². The molecule has 5 rings (SSSR count). The van der Waals surface area contributed by atoms with Gasteiger partial charge in [0.2, 0.25) is 12.7 Å². The van der Waals surface area contributed by atoms with Gasteiger partial charge in [-0.3, -0.25) is 4.57 Å². The second kappa shape index (κ2) is 6.80. The molecule has 6 heteroatoms. The molecule has 0 saturated heterocycles. The summed E-state index contributed by atoms with van der Waals surface area (Å²) in [6, 6.07) is 23.4. The van der Waals surface area contributed by atoms with Crippen molar-refractivity contribution in [1.82, 2.24) is 4.57 Å². The van der Waals surface area contributed by atoms with Crippen LogP contribution in [0.3, 0.4) is 0 Å². The molecule has 1 aliphatic heterocycles. The molecule has 0 bridgehead atoms. The van der Waals surface area contributed by atoms with Crippen LogP contribution in [0.2, 0.25) is 0 Å². The zero-order valence-corrected chi connectivity index (χ0v) is 15.5. The summed E-state index contributed by atoms with van der Waals surface area (Å²) < 4.78 is 18.6. The molecule has 0 amide bonds. The Kier molecular flexibility index (Phi) is 3.99. The fourth-order valence-electron chi connectivity index (χ4n) is 3.57. The average molecular weight is 383 g/mol. The monoisotopic (exact) mass is 383 g/mol. The molecule has 0 spiro atoms. The smallest absolute Gasteiger partial charge is 0.231 e. The van der Waals surface area contributed by atoms with E-state index in [4.69, 9.17) is 19.9 Å². The second-order valence-electron chi connectivity index (χ2n) is 6.74. The Labute approximate surface area is 167 Å². The average Bonchev–Trinajstić information content (AvgIpc) is 3.33. The molecule has 1 aromatic heterocycles. The predicted octanol–water partition coefficient (Wildman–Crippen LogP) is 4.66. The number of nitrogen functional groups attached to an aromatic ring is 1. The summed E-state index contributed by atoms with van der Waals surface area (Å²) in [5.41, 5.74) is 8.11. The van der Waals surface area contributed by atoms with Crippen molar-refractivity contribution in [1.29, 1.82) is 5.26 Å². The van der Waals surface area contributed by atoms with Crippen molar-refractivity contribution >= 4 is 16.5 Å². The maximum atomic E-state index is 9.62. The number of nitriles is 1. The van der Waals surface area contributed by atoms with Crippen LogP contribution in [0.4, 0.5) is 5.69 Å². The summed E-state index contributed by atoms with van der Waals surface area (Å²) >= 11 is 0. The molecule has 29 heavy (non-hydrogen) atoms. The van der Waals surface area contributed by atoms with Gasteiger partial charge in [0.05, 0.1) is 12.2 Å². The van der Waals surface area contributed by atoms with Crippen LogP contribution in [0.25, 0.3) is 10.8 Å². The van der Waals surface area contributed by atoms with Crippen LogP contribution in [0.15, 0.2) is 66.7 Å². The van der Waals surface area contributed by atoms with Gasteiger partial charge in [-0.15, -0.1) is 0 Å². The zero-order chi connectivity index (χ0) is 19.8. The number of hydrogen-bond acceptors (Lipinski definition) is 5. The fraction of sp³-hybridized carbons (Fsp3) is 0.0870. The SMILES string of the molecule is N#Cc1cc(N)c(Oc2ccc3c(c2)OCO3)n1Cc1cccc2ccccc12. The van der Waals surface area contributed by atoms with E-state index >= 15 is 0 Å². The lowest BCUT2D eigenvalue weighted by Crippen LogP contribution is -2.05. The normalized spacial score (nSPS) is 12.1. The van der Waals surface area contributed by atoms with Crippen LogP contribution >= 0.6 is 0 Å². The molecule has 0 aliphatic carbocycles. The molecule has 3 aromatic carbocycles. The van der Waals surface area contributed by atoms with E-state index in [1.807, 2.05) is 24.3 Å². The van der Waals surface area contributed by atoms with Gasteiger partial charge in [-0.2, -0.15) is 5.26 Å². The van der Waals surface area contributed by atoms with E-state index in [9.17, 15) is 5.26 Å². The Morgan fingerprint density at radius 1 is 1.00 bits per heavy atom. The van der Waals surface area contributed by atoms with E-state index in [1.54, 1.807) is 28.8 Å². The van der Waals surface area contributed by atoms with Gasteiger partial charge in [0.25, 0.3) is 0 Å². The van der Waals surface area contributed by atoms with E-state index in [0.29, 0.717) is 41.1 Å². The number of ether oxygens (including phenoxy) is 3. The first-order chi connectivity index (χ1) is 14.2. The van der Waals surface area contributed by atoms with Crippen LogP contribution < -0.4 is 19.9 Å². The highest BCUT2D eigenvalue weighted by atomic mass is 16.7. The summed E-state index contributed by atoms with van der Waals surface area (Å²) in [5, 5.41) is 11.9. The number of benzene rings is 3. The lowest BCUT2D eigenvalue weighted by atomic mass is 10.0. The largest absolute Gasteiger partial charge is 0.454 e. The molecule has 2 N–H and O–H groups in total. The zero-order valence-electron chi connectivity index (χ0n) is 15.5. The molecule has 0 unspecified atom stereocenters. The number of rotatable bonds is 4. The van der Waals surface area contributed by atoms with E-state index in [0.717, 1.165) is 16.3 Å².